The molecule has 0 amide bonds. The highest BCUT2D eigenvalue weighted by Gasteiger charge is 2.29. The second-order valence-corrected chi connectivity index (χ2v) is 3.88. The number of hydrogen-bond acceptors (Lipinski definition) is 2. The summed E-state index contributed by atoms with van der Waals surface area (Å²) in [5, 5.41) is 3.43. The van der Waals surface area contributed by atoms with Gasteiger partial charge in [0, 0.05) is 18.6 Å². The lowest BCUT2D eigenvalue weighted by atomic mass is 10.2. The molecule has 0 aromatic rings. The fourth-order valence-corrected chi connectivity index (χ4v) is 2.42. The number of nitrogens with zero attached hydrogens (tertiary/aromatic N) is 1. The molecule has 0 radical (unpaired) electrons. The summed E-state index contributed by atoms with van der Waals surface area (Å²) in [6, 6.07) is 1.70. The highest BCUT2D eigenvalue weighted by molar-refractivity contribution is 5.85. The zero-order valence-electron chi connectivity index (χ0n) is 7.75. The number of likely N-dealkylation sites (tertiary alicyclic amines) is 1. The van der Waals surface area contributed by atoms with Crippen LogP contribution in [0.5, 0.6) is 0 Å². The predicted molar refractivity (Wildman–Crippen MR) is 53.9 cm³/mol. The molecule has 2 fully saturated rings. The van der Waals surface area contributed by atoms with Gasteiger partial charge in [-0.2, -0.15) is 0 Å². The average Bonchev–Trinajstić information content (AvgIpc) is 2.55. The first kappa shape index (κ1) is 10.3. The second kappa shape index (κ2) is 4.45. The summed E-state index contributed by atoms with van der Waals surface area (Å²) in [6.07, 6.45) is 4.19. The summed E-state index contributed by atoms with van der Waals surface area (Å²) in [4.78, 5) is 2.68. The molecule has 2 aliphatic rings. The Labute approximate surface area is 81.1 Å². The molecule has 2 heterocycles. The van der Waals surface area contributed by atoms with Gasteiger partial charge in [-0.05, 0) is 39.3 Å². The molecule has 12 heavy (non-hydrogen) atoms. The third-order valence-electron chi connectivity index (χ3n) is 3.11. The molecule has 3 heteroatoms. The van der Waals surface area contributed by atoms with E-state index in [1.54, 1.807) is 0 Å². The average molecular weight is 191 g/mol. The summed E-state index contributed by atoms with van der Waals surface area (Å²) >= 11 is 0. The summed E-state index contributed by atoms with van der Waals surface area (Å²) in [6.45, 7) is 6.16. The van der Waals surface area contributed by atoms with Crippen molar-refractivity contribution >= 4 is 12.4 Å². The van der Waals surface area contributed by atoms with E-state index in [1.807, 2.05) is 0 Å². The maximum Gasteiger partial charge on any atom is 0.0235 e. The number of nitrogens with one attached hydrogen (secondary N) is 1. The van der Waals surface area contributed by atoms with E-state index in [2.05, 4.69) is 17.1 Å². The van der Waals surface area contributed by atoms with E-state index < -0.39 is 0 Å². The van der Waals surface area contributed by atoms with Gasteiger partial charge in [0.05, 0.1) is 0 Å². The highest BCUT2D eigenvalue weighted by Crippen LogP contribution is 2.21. The van der Waals surface area contributed by atoms with E-state index >= 15 is 0 Å². The van der Waals surface area contributed by atoms with E-state index in [0.29, 0.717) is 0 Å². The summed E-state index contributed by atoms with van der Waals surface area (Å²) in [7, 11) is 0. The largest absolute Gasteiger partial charge is 0.315 e. The molecule has 72 valence electrons. The normalized spacial score (nSPS) is 36.8. The van der Waals surface area contributed by atoms with E-state index in [9.17, 15) is 0 Å². The quantitative estimate of drug-likeness (QED) is 0.670. The molecular weight excluding hydrogens is 172 g/mol. The van der Waals surface area contributed by atoms with Crippen LogP contribution >= 0.6 is 12.4 Å². The number of rotatable bonds is 1. The molecule has 0 spiro atoms. The van der Waals surface area contributed by atoms with Crippen LogP contribution in [0.2, 0.25) is 0 Å². The van der Waals surface area contributed by atoms with Crippen LogP contribution in [0.15, 0.2) is 0 Å². The van der Waals surface area contributed by atoms with Crippen LogP contribution in [-0.4, -0.2) is 36.6 Å². The van der Waals surface area contributed by atoms with Gasteiger partial charge >= 0.3 is 0 Å². The van der Waals surface area contributed by atoms with Crippen molar-refractivity contribution < 1.29 is 0 Å². The summed E-state index contributed by atoms with van der Waals surface area (Å²) < 4.78 is 0. The minimum atomic E-state index is 0. The smallest absolute Gasteiger partial charge is 0.0235 e. The van der Waals surface area contributed by atoms with Gasteiger partial charge in [-0.1, -0.05) is 0 Å². The lowest BCUT2D eigenvalue weighted by molar-refractivity contribution is 0.202. The maximum atomic E-state index is 3.43. The summed E-state index contributed by atoms with van der Waals surface area (Å²) in [5.41, 5.74) is 0. The van der Waals surface area contributed by atoms with Crippen molar-refractivity contribution in [2.24, 2.45) is 0 Å². The standard InChI is InChI=1S/C9H18N2.ClH/c1-8-3-2-6-11(8)9-4-5-10-7-9;/h8-10H,2-7H2,1H3;1H/t8-,9?;/m1./s1. The Morgan fingerprint density at radius 2 is 2.17 bits per heavy atom. The molecule has 2 rings (SSSR count). The first-order chi connectivity index (χ1) is 5.38. The Bertz CT molecular complexity index is 134. The maximum absolute atomic E-state index is 3.43. The molecule has 0 aliphatic carbocycles. The Morgan fingerprint density at radius 1 is 1.33 bits per heavy atom. The van der Waals surface area contributed by atoms with Gasteiger partial charge in [0.2, 0.25) is 0 Å². The number of hydrogen-bond donors (Lipinski definition) is 1. The van der Waals surface area contributed by atoms with Crippen LogP contribution in [-0.2, 0) is 0 Å². The van der Waals surface area contributed by atoms with E-state index in [1.165, 1.54) is 38.9 Å². The van der Waals surface area contributed by atoms with Gasteiger partial charge in [0.1, 0.15) is 0 Å². The fraction of sp³-hybridized carbons (Fsp3) is 1.00. The first-order valence-electron chi connectivity index (χ1n) is 4.84. The Kier molecular flexibility index (Phi) is 3.81. The van der Waals surface area contributed by atoms with E-state index in [-0.39, 0.29) is 12.4 Å². The van der Waals surface area contributed by atoms with Gasteiger partial charge in [-0.3, -0.25) is 4.90 Å². The number of halogens is 1. The van der Waals surface area contributed by atoms with Crippen LogP contribution in [0.4, 0.5) is 0 Å². The monoisotopic (exact) mass is 190 g/mol. The molecule has 2 aliphatic heterocycles. The Morgan fingerprint density at radius 3 is 2.67 bits per heavy atom. The van der Waals surface area contributed by atoms with Gasteiger partial charge < -0.3 is 5.32 Å². The minimum absolute atomic E-state index is 0. The van der Waals surface area contributed by atoms with Crippen LogP contribution in [0.1, 0.15) is 26.2 Å². The molecule has 0 saturated carbocycles. The molecule has 0 bridgehead atoms. The zero-order valence-corrected chi connectivity index (χ0v) is 8.57. The molecule has 2 saturated heterocycles. The topological polar surface area (TPSA) is 15.3 Å². The molecule has 2 nitrogen and oxygen atoms in total. The molecule has 0 aromatic heterocycles. The van der Waals surface area contributed by atoms with Gasteiger partial charge in [-0.25, -0.2) is 0 Å². The third kappa shape index (κ3) is 1.93. The van der Waals surface area contributed by atoms with E-state index in [0.717, 1.165) is 12.1 Å². The minimum Gasteiger partial charge on any atom is -0.315 e. The Hall–Kier alpha value is 0.210. The van der Waals surface area contributed by atoms with Crippen molar-refractivity contribution in [3.05, 3.63) is 0 Å². The van der Waals surface area contributed by atoms with Gasteiger partial charge in [0.15, 0.2) is 0 Å². The van der Waals surface area contributed by atoms with Crippen molar-refractivity contribution in [1.29, 1.82) is 0 Å². The third-order valence-corrected chi connectivity index (χ3v) is 3.11. The second-order valence-electron chi connectivity index (χ2n) is 3.88. The fourth-order valence-electron chi connectivity index (χ4n) is 2.42. The Balaban J connectivity index is 0.000000720. The van der Waals surface area contributed by atoms with Crippen molar-refractivity contribution in [3.63, 3.8) is 0 Å². The van der Waals surface area contributed by atoms with Crippen LogP contribution in [0, 0.1) is 0 Å². The zero-order chi connectivity index (χ0) is 7.68. The van der Waals surface area contributed by atoms with Gasteiger partial charge in [-0.15, -0.1) is 12.4 Å². The highest BCUT2D eigenvalue weighted by atomic mass is 35.5. The molecule has 1 unspecified atom stereocenters. The molecule has 1 N–H and O–H groups in total. The van der Waals surface area contributed by atoms with Crippen molar-refractivity contribution in [2.75, 3.05) is 19.6 Å². The SMILES string of the molecule is C[C@@H]1CCCN1C1CCNC1.Cl. The van der Waals surface area contributed by atoms with Crippen LogP contribution in [0.3, 0.4) is 0 Å². The molecule has 0 aromatic carbocycles. The first-order valence-corrected chi connectivity index (χ1v) is 4.84. The van der Waals surface area contributed by atoms with Crippen molar-refractivity contribution in [1.82, 2.24) is 10.2 Å². The van der Waals surface area contributed by atoms with Crippen LogP contribution < -0.4 is 5.32 Å². The van der Waals surface area contributed by atoms with Crippen molar-refractivity contribution in [2.45, 2.75) is 38.3 Å². The lowest BCUT2D eigenvalue weighted by Gasteiger charge is -2.27. The summed E-state index contributed by atoms with van der Waals surface area (Å²) in [5.74, 6) is 0. The van der Waals surface area contributed by atoms with Gasteiger partial charge in [0.25, 0.3) is 0 Å². The van der Waals surface area contributed by atoms with E-state index in [4.69, 9.17) is 0 Å². The predicted octanol–water partition coefficient (Wildman–Crippen LogP) is 1.25. The lowest BCUT2D eigenvalue weighted by Crippen LogP contribution is -2.38. The van der Waals surface area contributed by atoms with Crippen LogP contribution in [0.25, 0.3) is 0 Å². The van der Waals surface area contributed by atoms with Crippen molar-refractivity contribution in [3.8, 4) is 0 Å². The molecular formula is C9H19ClN2. The molecule has 2 atom stereocenters.